The Morgan fingerprint density at radius 2 is 2.25 bits per heavy atom. The molecule has 1 saturated carbocycles. The molecule has 2 saturated heterocycles. The van der Waals surface area contributed by atoms with Crippen LogP contribution in [0.1, 0.15) is 43.2 Å². The van der Waals surface area contributed by atoms with Crippen LogP contribution in [-0.2, 0) is 16.1 Å². The van der Waals surface area contributed by atoms with Crippen molar-refractivity contribution in [1.29, 1.82) is 0 Å². The number of halogens is 1. The Bertz CT molecular complexity index is 678. The average molecular weight is 409 g/mol. The summed E-state index contributed by atoms with van der Waals surface area (Å²) in [5, 5.41) is 6.69. The fourth-order valence-corrected chi connectivity index (χ4v) is 4.91. The van der Waals surface area contributed by atoms with Crippen molar-refractivity contribution < 1.29 is 14.3 Å². The van der Waals surface area contributed by atoms with Gasteiger partial charge in [-0.25, -0.2) is 0 Å². The van der Waals surface area contributed by atoms with E-state index in [1.54, 1.807) is 0 Å². The minimum Gasteiger partial charge on any atom is -0.493 e. The lowest BCUT2D eigenvalue weighted by Crippen LogP contribution is -2.47. The molecular formula is C22H33ClN2O3. The fourth-order valence-electron chi connectivity index (χ4n) is 4.91. The molecule has 6 heteroatoms. The molecule has 3 atom stereocenters. The number of fused-ring (bicyclic) bond motifs is 1. The first-order valence-electron chi connectivity index (χ1n) is 10.5. The number of carbonyl (C=O) groups excluding carboxylic acids is 1. The third-order valence-corrected chi connectivity index (χ3v) is 6.65. The van der Waals surface area contributed by atoms with Gasteiger partial charge in [-0.2, -0.15) is 0 Å². The molecule has 0 bridgehead atoms. The SMILES string of the molecule is Cc1ccc(CNC(=O)[C@@]23CCCC[C@H]2CNC3)c(OCC2CCOC2)c1.Cl. The Labute approximate surface area is 174 Å². The van der Waals surface area contributed by atoms with Gasteiger partial charge in [0.05, 0.1) is 18.6 Å². The number of amides is 1. The van der Waals surface area contributed by atoms with Gasteiger partial charge < -0.3 is 20.1 Å². The number of ether oxygens (including phenoxy) is 2. The van der Waals surface area contributed by atoms with Crippen LogP contribution < -0.4 is 15.4 Å². The number of rotatable bonds is 6. The Morgan fingerprint density at radius 1 is 1.36 bits per heavy atom. The molecule has 4 rings (SSSR count). The van der Waals surface area contributed by atoms with Crippen molar-refractivity contribution in [2.75, 3.05) is 32.9 Å². The van der Waals surface area contributed by atoms with E-state index in [0.717, 1.165) is 56.9 Å². The van der Waals surface area contributed by atoms with Crippen LogP contribution in [0.5, 0.6) is 5.75 Å². The van der Waals surface area contributed by atoms with E-state index < -0.39 is 0 Å². The summed E-state index contributed by atoms with van der Waals surface area (Å²) in [6.07, 6.45) is 5.66. The Kier molecular flexibility index (Phi) is 7.24. The highest BCUT2D eigenvalue weighted by Gasteiger charge is 2.49. The summed E-state index contributed by atoms with van der Waals surface area (Å²) in [5.41, 5.74) is 2.03. The smallest absolute Gasteiger partial charge is 0.228 e. The molecule has 1 amide bonds. The summed E-state index contributed by atoms with van der Waals surface area (Å²) in [6, 6.07) is 6.25. The highest BCUT2D eigenvalue weighted by atomic mass is 35.5. The van der Waals surface area contributed by atoms with E-state index in [4.69, 9.17) is 9.47 Å². The molecule has 2 heterocycles. The fraction of sp³-hybridized carbons (Fsp3) is 0.682. The number of nitrogens with one attached hydrogen (secondary N) is 2. The molecule has 3 fully saturated rings. The molecule has 5 nitrogen and oxygen atoms in total. The molecule has 1 unspecified atom stereocenters. The molecule has 2 aliphatic heterocycles. The van der Waals surface area contributed by atoms with Gasteiger partial charge in [0.2, 0.25) is 5.91 Å². The van der Waals surface area contributed by atoms with Crippen molar-refractivity contribution in [3.8, 4) is 5.75 Å². The Hall–Kier alpha value is -1.30. The van der Waals surface area contributed by atoms with Crippen molar-refractivity contribution in [2.24, 2.45) is 17.3 Å². The van der Waals surface area contributed by atoms with Crippen molar-refractivity contribution >= 4 is 18.3 Å². The average Bonchev–Trinajstić information content (AvgIpc) is 3.35. The van der Waals surface area contributed by atoms with Crippen LogP contribution in [0.2, 0.25) is 0 Å². The minimum absolute atomic E-state index is 0. The predicted molar refractivity (Wildman–Crippen MR) is 112 cm³/mol. The third kappa shape index (κ3) is 4.47. The van der Waals surface area contributed by atoms with Gasteiger partial charge in [-0.05, 0) is 50.3 Å². The molecule has 1 aromatic rings. The van der Waals surface area contributed by atoms with Crippen LogP contribution in [0.4, 0.5) is 0 Å². The lowest BCUT2D eigenvalue weighted by Gasteiger charge is -2.37. The van der Waals surface area contributed by atoms with E-state index in [0.29, 0.717) is 25.0 Å². The maximum Gasteiger partial charge on any atom is 0.228 e. The monoisotopic (exact) mass is 408 g/mol. The summed E-state index contributed by atoms with van der Waals surface area (Å²) in [5.74, 6) is 2.07. The van der Waals surface area contributed by atoms with E-state index in [1.165, 1.54) is 18.4 Å². The zero-order valence-electron chi connectivity index (χ0n) is 16.8. The second kappa shape index (κ2) is 9.47. The highest BCUT2D eigenvalue weighted by Crippen LogP contribution is 2.44. The quantitative estimate of drug-likeness (QED) is 0.758. The van der Waals surface area contributed by atoms with E-state index in [9.17, 15) is 4.79 Å². The molecule has 1 aliphatic carbocycles. The maximum absolute atomic E-state index is 13.1. The molecular weight excluding hydrogens is 376 g/mol. The predicted octanol–water partition coefficient (Wildman–Crippen LogP) is 3.23. The summed E-state index contributed by atoms with van der Waals surface area (Å²) in [7, 11) is 0. The minimum atomic E-state index is -0.203. The molecule has 0 aromatic heterocycles. The van der Waals surface area contributed by atoms with E-state index >= 15 is 0 Å². The van der Waals surface area contributed by atoms with Gasteiger partial charge in [-0.15, -0.1) is 12.4 Å². The summed E-state index contributed by atoms with van der Waals surface area (Å²) in [6.45, 7) is 6.71. The Balaban J connectivity index is 0.00000225. The van der Waals surface area contributed by atoms with Crippen LogP contribution in [-0.4, -0.2) is 38.8 Å². The van der Waals surface area contributed by atoms with Gasteiger partial charge >= 0.3 is 0 Å². The number of hydrogen-bond acceptors (Lipinski definition) is 4. The number of hydrogen-bond donors (Lipinski definition) is 2. The summed E-state index contributed by atoms with van der Waals surface area (Å²) < 4.78 is 11.6. The van der Waals surface area contributed by atoms with Gasteiger partial charge in [0.15, 0.2) is 0 Å². The molecule has 0 radical (unpaired) electrons. The van der Waals surface area contributed by atoms with Crippen LogP contribution in [0.15, 0.2) is 18.2 Å². The second-order valence-corrected chi connectivity index (χ2v) is 8.56. The summed E-state index contributed by atoms with van der Waals surface area (Å²) >= 11 is 0. The van der Waals surface area contributed by atoms with Gasteiger partial charge in [-0.1, -0.05) is 25.0 Å². The Morgan fingerprint density at radius 3 is 3.07 bits per heavy atom. The second-order valence-electron chi connectivity index (χ2n) is 8.56. The number of carbonyl (C=O) groups is 1. The molecule has 156 valence electrons. The topological polar surface area (TPSA) is 59.6 Å². The number of aryl methyl sites for hydroxylation is 1. The zero-order valence-corrected chi connectivity index (χ0v) is 17.6. The first-order chi connectivity index (χ1) is 13.2. The standard InChI is InChI=1S/C22H32N2O3.ClH/c1-16-5-6-18(20(10-16)27-14-17-7-9-26-13-17)11-24-21(25)22-8-3-2-4-19(22)12-23-15-22;/h5-6,10,17,19,23H,2-4,7-9,11-15H2,1H3,(H,24,25);1H/t17?,19-,22+;/m0./s1. The summed E-state index contributed by atoms with van der Waals surface area (Å²) in [4.78, 5) is 13.1. The van der Waals surface area contributed by atoms with Gasteiger partial charge in [0.25, 0.3) is 0 Å². The van der Waals surface area contributed by atoms with Crippen LogP contribution in [0.3, 0.4) is 0 Å². The van der Waals surface area contributed by atoms with Crippen LogP contribution in [0, 0.1) is 24.2 Å². The van der Waals surface area contributed by atoms with E-state index in [1.807, 2.05) is 0 Å². The third-order valence-electron chi connectivity index (χ3n) is 6.65. The van der Waals surface area contributed by atoms with Crippen molar-refractivity contribution in [2.45, 2.75) is 45.6 Å². The van der Waals surface area contributed by atoms with Crippen LogP contribution in [0.25, 0.3) is 0 Å². The molecule has 2 N–H and O–H groups in total. The lowest BCUT2D eigenvalue weighted by molar-refractivity contribution is -0.134. The zero-order chi connectivity index (χ0) is 18.7. The van der Waals surface area contributed by atoms with E-state index in [2.05, 4.69) is 35.8 Å². The van der Waals surface area contributed by atoms with E-state index in [-0.39, 0.29) is 23.7 Å². The van der Waals surface area contributed by atoms with Crippen molar-refractivity contribution in [3.63, 3.8) is 0 Å². The lowest BCUT2D eigenvalue weighted by atomic mass is 9.67. The van der Waals surface area contributed by atoms with Crippen LogP contribution >= 0.6 is 12.4 Å². The van der Waals surface area contributed by atoms with Gasteiger partial charge in [-0.3, -0.25) is 4.79 Å². The van der Waals surface area contributed by atoms with Gasteiger partial charge in [0.1, 0.15) is 5.75 Å². The molecule has 28 heavy (non-hydrogen) atoms. The molecule has 1 aromatic carbocycles. The highest BCUT2D eigenvalue weighted by molar-refractivity contribution is 5.85. The first-order valence-corrected chi connectivity index (χ1v) is 10.5. The maximum atomic E-state index is 13.1. The van der Waals surface area contributed by atoms with Crippen molar-refractivity contribution in [3.05, 3.63) is 29.3 Å². The normalized spacial score (nSPS) is 29.0. The first kappa shape index (κ1) is 21.4. The number of benzene rings is 1. The van der Waals surface area contributed by atoms with Gasteiger partial charge in [0, 0.05) is 31.2 Å². The van der Waals surface area contributed by atoms with Crippen molar-refractivity contribution in [1.82, 2.24) is 10.6 Å². The molecule has 3 aliphatic rings. The largest absolute Gasteiger partial charge is 0.493 e. The molecule has 0 spiro atoms.